The van der Waals surface area contributed by atoms with Crippen LogP contribution in [0.2, 0.25) is 0 Å². The summed E-state index contributed by atoms with van der Waals surface area (Å²) in [6, 6.07) is 81.8. The van der Waals surface area contributed by atoms with Crippen LogP contribution < -0.4 is 0 Å². The highest BCUT2D eigenvalue weighted by Gasteiger charge is 2.19. The van der Waals surface area contributed by atoms with Crippen LogP contribution >= 0.6 is 0 Å². The maximum Gasteiger partial charge on any atom is 0.0553 e. The van der Waals surface area contributed by atoms with Gasteiger partial charge in [0.15, 0.2) is 0 Å². The molecule has 0 bridgehead atoms. The minimum Gasteiger partial charge on any atom is -0.309 e. The molecule has 0 aliphatic carbocycles. The van der Waals surface area contributed by atoms with Gasteiger partial charge in [0.25, 0.3) is 0 Å². The summed E-state index contributed by atoms with van der Waals surface area (Å²) in [7, 11) is 0. The molecule has 0 fully saturated rings. The van der Waals surface area contributed by atoms with Crippen LogP contribution in [0.15, 0.2) is 224 Å². The van der Waals surface area contributed by atoms with Crippen LogP contribution in [0.3, 0.4) is 0 Å². The Bertz CT molecular complexity index is 2940. The lowest BCUT2D eigenvalue weighted by Crippen LogP contribution is -1.94. The molecule has 1 nitrogen and oxygen atoms in total. The second kappa shape index (κ2) is 13.7. The Morgan fingerprint density at radius 3 is 0.789 bits per heavy atom. The van der Waals surface area contributed by atoms with Gasteiger partial charge in [-0.25, -0.2) is 0 Å². The van der Waals surface area contributed by atoms with Gasteiger partial charge in [0.2, 0.25) is 0 Å². The standard InChI is InChI=1S/C56H37N/c1-4-10-38(11-5-1)40-16-20-42(21-17-40)44-24-28-46(29-25-44)50-34-48-32-33-49-35-51(37-54-56(49)55(48)53(36-50)57(54)52-14-8-3-9-15-52)47-30-26-45(27-31-47)43-22-18-41(19-23-43)39-12-6-2-7-13-39/h1-37H. The minimum absolute atomic E-state index is 1.16. The SMILES string of the molecule is c1ccc(-c2ccc(-c3ccc(-c4cc5ccc6cc(-c7ccc(-c8ccc(-c9ccccc9)cc8)cc7)cc7c6c5c(c4)n7-c4ccccc4)cc3)cc2)cc1. The second-order valence-electron chi connectivity index (χ2n) is 15.0. The molecule has 1 heteroatoms. The minimum atomic E-state index is 1.16. The van der Waals surface area contributed by atoms with Gasteiger partial charge in [-0.05, 0) is 114 Å². The van der Waals surface area contributed by atoms with Crippen molar-refractivity contribution in [2.45, 2.75) is 0 Å². The van der Waals surface area contributed by atoms with Crippen molar-refractivity contribution in [2.75, 3.05) is 0 Å². The molecule has 57 heavy (non-hydrogen) atoms. The summed E-state index contributed by atoms with van der Waals surface area (Å²) in [5.74, 6) is 0. The number of benzene rings is 10. The van der Waals surface area contributed by atoms with E-state index in [1.807, 2.05) is 0 Å². The third-order valence-electron chi connectivity index (χ3n) is 11.6. The number of para-hydroxylation sites is 1. The van der Waals surface area contributed by atoms with Crippen LogP contribution in [0, 0.1) is 0 Å². The molecule has 0 atom stereocenters. The quantitative estimate of drug-likeness (QED) is 0.144. The molecular weight excluding hydrogens is 687 g/mol. The Morgan fingerprint density at radius 1 is 0.211 bits per heavy atom. The fourth-order valence-corrected chi connectivity index (χ4v) is 8.64. The van der Waals surface area contributed by atoms with Gasteiger partial charge in [-0.15, -0.1) is 0 Å². The molecule has 11 rings (SSSR count). The van der Waals surface area contributed by atoms with Crippen molar-refractivity contribution in [1.29, 1.82) is 0 Å². The Kier molecular flexibility index (Phi) is 7.89. The van der Waals surface area contributed by atoms with E-state index in [4.69, 9.17) is 0 Å². The van der Waals surface area contributed by atoms with Crippen molar-refractivity contribution < 1.29 is 0 Å². The molecule has 1 heterocycles. The zero-order valence-corrected chi connectivity index (χ0v) is 31.3. The highest BCUT2D eigenvalue weighted by Crippen LogP contribution is 2.43. The Hall–Kier alpha value is -7.48. The molecule has 266 valence electrons. The third kappa shape index (κ3) is 5.89. The maximum atomic E-state index is 2.46. The van der Waals surface area contributed by atoms with Gasteiger partial charge in [-0.2, -0.15) is 0 Å². The Labute approximate surface area is 332 Å². The van der Waals surface area contributed by atoms with Crippen molar-refractivity contribution in [1.82, 2.24) is 4.57 Å². The summed E-state index contributed by atoms with van der Waals surface area (Å²) in [6.45, 7) is 0. The van der Waals surface area contributed by atoms with E-state index < -0.39 is 0 Å². The Morgan fingerprint density at radius 2 is 0.474 bits per heavy atom. The van der Waals surface area contributed by atoms with Crippen molar-refractivity contribution in [2.24, 2.45) is 0 Å². The average molecular weight is 724 g/mol. The lowest BCUT2D eigenvalue weighted by molar-refractivity contribution is 1.18. The molecule has 0 N–H and O–H groups in total. The van der Waals surface area contributed by atoms with Crippen molar-refractivity contribution >= 4 is 32.6 Å². The third-order valence-corrected chi connectivity index (χ3v) is 11.6. The lowest BCUT2D eigenvalue weighted by Gasteiger charge is -2.11. The largest absolute Gasteiger partial charge is 0.309 e. The van der Waals surface area contributed by atoms with Crippen LogP contribution in [0.5, 0.6) is 0 Å². The first-order valence-corrected chi connectivity index (χ1v) is 19.7. The van der Waals surface area contributed by atoms with E-state index in [-0.39, 0.29) is 0 Å². The van der Waals surface area contributed by atoms with Crippen LogP contribution in [0.4, 0.5) is 0 Å². The first kappa shape index (κ1) is 32.9. The van der Waals surface area contributed by atoms with Crippen molar-refractivity contribution in [3.8, 4) is 72.4 Å². The summed E-state index contributed by atoms with van der Waals surface area (Å²) in [5.41, 5.74) is 18.2. The molecule has 0 saturated heterocycles. The summed E-state index contributed by atoms with van der Waals surface area (Å²) < 4.78 is 2.46. The van der Waals surface area contributed by atoms with Gasteiger partial charge in [-0.1, -0.05) is 188 Å². The van der Waals surface area contributed by atoms with Crippen LogP contribution in [-0.4, -0.2) is 4.57 Å². The highest BCUT2D eigenvalue weighted by molar-refractivity contribution is 6.25. The molecule has 10 aromatic carbocycles. The molecule has 0 spiro atoms. The van der Waals surface area contributed by atoms with E-state index >= 15 is 0 Å². The molecule has 0 amide bonds. The van der Waals surface area contributed by atoms with E-state index in [0.717, 1.165) is 5.69 Å². The van der Waals surface area contributed by atoms with Crippen LogP contribution in [-0.2, 0) is 0 Å². The smallest absolute Gasteiger partial charge is 0.0553 e. The number of rotatable bonds is 7. The van der Waals surface area contributed by atoms with E-state index in [0.29, 0.717) is 0 Å². The molecule has 1 aromatic heterocycles. The van der Waals surface area contributed by atoms with Gasteiger partial charge >= 0.3 is 0 Å². The summed E-state index contributed by atoms with van der Waals surface area (Å²) in [4.78, 5) is 0. The van der Waals surface area contributed by atoms with Gasteiger partial charge < -0.3 is 4.57 Å². The lowest BCUT2D eigenvalue weighted by atomic mass is 9.94. The average Bonchev–Trinajstić information content (AvgIpc) is 3.64. The van der Waals surface area contributed by atoms with Gasteiger partial charge in [-0.3, -0.25) is 0 Å². The Balaban J connectivity index is 0.968. The van der Waals surface area contributed by atoms with Gasteiger partial charge in [0, 0.05) is 16.5 Å². The predicted octanol–water partition coefficient (Wildman–Crippen LogP) is 15.4. The van der Waals surface area contributed by atoms with E-state index in [9.17, 15) is 0 Å². The zero-order chi connectivity index (χ0) is 37.7. The van der Waals surface area contributed by atoms with Crippen LogP contribution in [0.25, 0.3) is 105 Å². The van der Waals surface area contributed by atoms with Crippen LogP contribution in [0.1, 0.15) is 0 Å². The molecular formula is C56H37N. The van der Waals surface area contributed by atoms with Crippen molar-refractivity contribution in [3.63, 3.8) is 0 Å². The first-order valence-electron chi connectivity index (χ1n) is 19.7. The zero-order valence-electron chi connectivity index (χ0n) is 31.3. The predicted molar refractivity (Wildman–Crippen MR) is 242 cm³/mol. The topological polar surface area (TPSA) is 4.93 Å². The second-order valence-corrected chi connectivity index (χ2v) is 15.0. The van der Waals surface area contributed by atoms with E-state index in [1.165, 1.54) is 99.3 Å². The van der Waals surface area contributed by atoms with Crippen molar-refractivity contribution in [3.05, 3.63) is 224 Å². The molecule has 0 unspecified atom stereocenters. The van der Waals surface area contributed by atoms with E-state index in [1.54, 1.807) is 0 Å². The van der Waals surface area contributed by atoms with Gasteiger partial charge in [0.05, 0.1) is 11.0 Å². The molecule has 11 aromatic rings. The monoisotopic (exact) mass is 723 g/mol. The molecule has 0 radical (unpaired) electrons. The fourth-order valence-electron chi connectivity index (χ4n) is 8.64. The van der Waals surface area contributed by atoms with E-state index in [2.05, 4.69) is 229 Å². The number of nitrogens with zero attached hydrogens (tertiary/aromatic N) is 1. The fraction of sp³-hybridized carbons (Fsp3) is 0. The molecule has 0 saturated carbocycles. The highest BCUT2D eigenvalue weighted by atomic mass is 15.0. The number of hydrogen-bond acceptors (Lipinski definition) is 0. The number of aromatic nitrogens is 1. The summed E-state index contributed by atoms with van der Waals surface area (Å²) >= 11 is 0. The summed E-state index contributed by atoms with van der Waals surface area (Å²) in [5, 5.41) is 5.13. The first-order chi connectivity index (χ1) is 28.2. The normalized spacial score (nSPS) is 11.5. The maximum absolute atomic E-state index is 2.46. The number of hydrogen-bond donors (Lipinski definition) is 0. The summed E-state index contributed by atoms with van der Waals surface area (Å²) in [6.07, 6.45) is 0. The molecule has 0 aliphatic rings. The molecule has 0 aliphatic heterocycles. The van der Waals surface area contributed by atoms with Gasteiger partial charge in [0.1, 0.15) is 0 Å².